The molecule has 2 aromatic rings. The summed E-state index contributed by atoms with van der Waals surface area (Å²) in [5.74, 6) is 0.378. The topological polar surface area (TPSA) is 39.2 Å². The van der Waals surface area contributed by atoms with E-state index in [1.54, 1.807) is 0 Å². The molecule has 1 fully saturated rings. The molecule has 0 amide bonds. The first-order valence-corrected chi connectivity index (χ1v) is 7.16. The number of hydrogen-bond donors (Lipinski definition) is 0. The molecule has 0 N–H and O–H groups in total. The van der Waals surface area contributed by atoms with Gasteiger partial charge in [-0.1, -0.05) is 24.3 Å². The lowest BCUT2D eigenvalue weighted by Crippen LogP contribution is -2.03. The van der Waals surface area contributed by atoms with Crippen molar-refractivity contribution in [2.75, 3.05) is 7.11 Å². The average Bonchev–Trinajstić information content (AvgIpc) is 3.21. The fourth-order valence-electron chi connectivity index (χ4n) is 2.18. The summed E-state index contributed by atoms with van der Waals surface area (Å²) in [5.41, 5.74) is 2.85. The van der Waals surface area contributed by atoms with E-state index in [0.717, 1.165) is 21.4 Å². The van der Waals surface area contributed by atoms with E-state index in [1.165, 1.54) is 36.9 Å². The smallest absolute Gasteiger partial charge is 0.358 e. The lowest BCUT2D eigenvalue weighted by molar-refractivity contribution is 0.0595. The molecule has 0 aliphatic heterocycles. The highest BCUT2D eigenvalue weighted by atomic mass is 32.1. The molecule has 0 radical (unpaired) electrons. The molecule has 0 spiro atoms. The molecular weight excluding hydrogens is 258 g/mol. The number of benzene rings is 1. The summed E-state index contributed by atoms with van der Waals surface area (Å²) in [6.45, 7) is 1.90. The maximum Gasteiger partial charge on any atom is 0.358 e. The van der Waals surface area contributed by atoms with Gasteiger partial charge in [-0.15, -0.1) is 11.3 Å². The number of esters is 1. The zero-order valence-corrected chi connectivity index (χ0v) is 11.8. The number of aryl methyl sites for hydroxylation is 1. The maximum atomic E-state index is 11.7. The number of nitrogens with zero attached hydrogens (tertiary/aromatic N) is 1. The molecule has 1 aliphatic rings. The third kappa shape index (κ3) is 2.40. The van der Waals surface area contributed by atoms with Crippen molar-refractivity contribution in [1.29, 1.82) is 0 Å². The van der Waals surface area contributed by atoms with Crippen LogP contribution in [-0.2, 0) is 4.74 Å². The highest BCUT2D eigenvalue weighted by Gasteiger charge is 2.24. The minimum absolute atomic E-state index is 0.370. The largest absolute Gasteiger partial charge is 0.464 e. The quantitative estimate of drug-likeness (QED) is 0.799. The molecule has 4 heteroatoms. The van der Waals surface area contributed by atoms with Crippen molar-refractivity contribution in [2.24, 2.45) is 0 Å². The molecule has 3 nitrogen and oxygen atoms in total. The summed E-state index contributed by atoms with van der Waals surface area (Å²) in [6.07, 6.45) is 2.60. The van der Waals surface area contributed by atoms with Crippen LogP contribution in [0.5, 0.6) is 0 Å². The van der Waals surface area contributed by atoms with Crippen LogP contribution >= 0.6 is 11.3 Å². The first kappa shape index (κ1) is 12.4. The van der Waals surface area contributed by atoms with Gasteiger partial charge in [0.15, 0.2) is 5.69 Å². The number of carbonyl (C=O) groups excluding carboxylic acids is 1. The van der Waals surface area contributed by atoms with Gasteiger partial charge in [-0.25, -0.2) is 9.78 Å². The lowest BCUT2D eigenvalue weighted by atomic mass is 10.1. The summed E-state index contributed by atoms with van der Waals surface area (Å²) >= 11 is 1.53. The van der Waals surface area contributed by atoms with E-state index in [4.69, 9.17) is 4.74 Å². The molecule has 19 heavy (non-hydrogen) atoms. The Labute approximate surface area is 116 Å². The summed E-state index contributed by atoms with van der Waals surface area (Å²) in [6, 6.07) is 8.46. The second-order valence-corrected chi connectivity index (χ2v) is 6.00. The van der Waals surface area contributed by atoms with Gasteiger partial charge in [-0.3, -0.25) is 0 Å². The molecule has 98 valence electrons. The second kappa shape index (κ2) is 4.78. The lowest BCUT2D eigenvalue weighted by Gasteiger charge is -2.03. The first-order chi connectivity index (χ1) is 9.19. The Morgan fingerprint density at radius 3 is 2.58 bits per heavy atom. The molecule has 0 unspecified atom stereocenters. The average molecular weight is 273 g/mol. The van der Waals surface area contributed by atoms with Crippen LogP contribution in [0.25, 0.3) is 10.4 Å². The van der Waals surface area contributed by atoms with E-state index >= 15 is 0 Å². The zero-order valence-electron chi connectivity index (χ0n) is 11.0. The van der Waals surface area contributed by atoms with Gasteiger partial charge in [0.05, 0.1) is 17.0 Å². The van der Waals surface area contributed by atoms with Gasteiger partial charge < -0.3 is 4.74 Å². The molecule has 0 saturated heterocycles. The SMILES string of the molecule is COC(=O)c1nc(C)sc1-c1ccc(C2CC2)cc1. The fraction of sp³-hybridized carbons (Fsp3) is 0.333. The monoisotopic (exact) mass is 273 g/mol. The highest BCUT2D eigenvalue weighted by molar-refractivity contribution is 7.15. The number of rotatable bonds is 3. The Morgan fingerprint density at radius 2 is 2.00 bits per heavy atom. The normalized spacial score (nSPS) is 14.4. The Kier molecular flexibility index (Phi) is 3.11. The van der Waals surface area contributed by atoms with Crippen molar-refractivity contribution in [3.8, 4) is 10.4 Å². The highest BCUT2D eigenvalue weighted by Crippen LogP contribution is 2.41. The number of carbonyl (C=O) groups is 1. The van der Waals surface area contributed by atoms with Gasteiger partial charge in [-0.05, 0) is 36.8 Å². The molecular formula is C15H15NO2S. The Hall–Kier alpha value is -1.68. The van der Waals surface area contributed by atoms with Crippen LogP contribution < -0.4 is 0 Å². The van der Waals surface area contributed by atoms with Crippen molar-refractivity contribution in [2.45, 2.75) is 25.7 Å². The van der Waals surface area contributed by atoms with E-state index in [1.807, 2.05) is 6.92 Å². The van der Waals surface area contributed by atoms with Gasteiger partial charge in [0.25, 0.3) is 0 Å². The maximum absolute atomic E-state index is 11.7. The predicted octanol–water partition coefficient (Wildman–Crippen LogP) is 3.78. The Bertz CT molecular complexity index is 612. The summed E-state index contributed by atoms with van der Waals surface area (Å²) in [7, 11) is 1.39. The molecule has 1 aromatic heterocycles. The number of thiazole rings is 1. The zero-order chi connectivity index (χ0) is 13.4. The molecule has 1 aliphatic carbocycles. The van der Waals surface area contributed by atoms with Crippen molar-refractivity contribution in [3.05, 3.63) is 40.5 Å². The molecule has 1 saturated carbocycles. The fourth-order valence-corrected chi connectivity index (χ4v) is 3.09. The van der Waals surface area contributed by atoms with Crippen LogP contribution in [0.3, 0.4) is 0 Å². The van der Waals surface area contributed by atoms with Crippen molar-refractivity contribution < 1.29 is 9.53 Å². The van der Waals surface area contributed by atoms with E-state index < -0.39 is 0 Å². The van der Waals surface area contributed by atoms with Crippen LogP contribution in [0.4, 0.5) is 0 Å². The van der Waals surface area contributed by atoms with Gasteiger partial charge >= 0.3 is 5.97 Å². The van der Waals surface area contributed by atoms with Crippen molar-refractivity contribution in [3.63, 3.8) is 0 Å². The van der Waals surface area contributed by atoms with Gasteiger partial charge in [0, 0.05) is 0 Å². The van der Waals surface area contributed by atoms with E-state index in [9.17, 15) is 4.79 Å². The summed E-state index contributed by atoms with van der Waals surface area (Å²) in [5, 5.41) is 0.877. The van der Waals surface area contributed by atoms with E-state index in [2.05, 4.69) is 29.2 Å². The second-order valence-electron chi connectivity index (χ2n) is 4.80. The number of methoxy groups -OCH3 is 1. The Morgan fingerprint density at radius 1 is 1.32 bits per heavy atom. The van der Waals surface area contributed by atoms with Crippen LogP contribution in [0.15, 0.2) is 24.3 Å². The standard InChI is InChI=1S/C15H15NO2S/c1-9-16-13(15(17)18-2)14(19-9)12-7-5-11(6-8-12)10-3-4-10/h5-8,10H,3-4H2,1-2H3. The van der Waals surface area contributed by atoms with Gasteiger partial charge in [0.1, 0.15) is 0 Å². The molecule has 0 atom stereocenters. The Balaban J connectivity index is 1.98. The first-order valence-electron chi connectivity index (χ1n) is 6.35. The third-order valence-electron chi connectivity index (χ3n) is 3.33. The minimum atomic E-state index is -0.370. The van der Waals surface area contributed by atoms with Crippen LogP contribution in [-0.4, -0.2) is 18.1 Å². The molecule has 0 bridgehead atoms. The van der Waals surface area contributed by atoms with Gasteiger partial charge in [-0.2, -0.15) is 0 Å². The molecule has 1 heterocycles. The molecule has 3 rings (SSSR count). The number of aromatic nitrogens is 1. The van der Waals surface area contributed by atoms with Gasteiger partial charge in [0.2, 0.25) is 0 Å². The van der Waals surface area contributed by atoms with Crippen molar-refractivity contribution >= 4 is 17.3 Å². The molecule has 1 aromatic carbocycles. The summed E-state index contributed by atoms with van der Waals surface area (Å²) < 4.78 is 4.79. The van der Waals surface area contributed by atoms with Crippen LogP contribution in [0.2, 0.25) is 0 Å². The third-order valence-corrected chi connectivity index (χ3v) is 4.35. The van der Waals surface area contributed by atoms with Crippen molar-refractivity contribution in [1.82, 2.24) is 4.98 Å². The van der Waals surface area contributed by atoms with Crippen LogP contribution in [0, 0.1) is 6.92 Å². The van der Waals surface area contributed by atoms with E-state index in [-0.39, 0.29) is 5.97 Å². The summed E-state index contributed by atoms with van der Waals surface area (Å²) in [4.78, 5) is 16.9. The minimum Gasteiger partial charge on any atom is -0.464 e. The number of ether oxygens (including phenoxy) is 1. The van der Waals surface area contributed by atoms with Crippen LogP contribution in [0.1, 0.15) is 39.8 Å². The van der Waals surface area contributed by atoms with E-state index in [0.29, 0.717) is 5.69 Å². The predicted molar refractivity (Wildman–Crippen MR) is 75.6 cm³/mol. The number of hydrogen-bond acceptors (Lipinski definition) is 4.